The Labute approximate surface area is 168 Å². The van der Waals surface area contributed by atoms with Crippen molar-refractivity contribution in [1.82, 2.24) is 25.0 Å². The molecule has 1 heterocycles. The Morgan fingerprint density at radius 3 is 2.38 bits per heavy atom. The van der Waals surface area contributed by atoms with Gasteiger partial charge < -0.3 is 10.2 Å². The number of likely N-dealkylation sites (N-methyl/N-ethyl adjacent to an activating group) is 1. The number of amides is 2. The highest BCUT2D eigenvalue weighted by molar-refractivity contribution is 5.96. The predicted molar refractivity (Wildman–Crippen MR) is 105 cm³/mol. The summed E-state index contributed by atoms with van der Waals surface area (Å²) in [5, 5.41) is 6.81. The lowest BCUT2D eigenvalue weighted by Gasteiger charge is -2.20. The molecule has 7 nitrogen and oxygen atoms in total. The minimum absolute atomic E-state index is 0.0444. The van der Waals surface area contributed by atoms with Gasteiger partial charge in [0, 0.05) is 18.7 Å². The molecule has 0 saturated carbocycles. The van der Waals surface area contributed by atoms with E-state index in [-0.39, 0.29) is 30.7 Å². The fraction of sp³-hybridized carbons (Fsp3) is 0.238. The Hall–Kier alpha value is -3.55. The molecule has 0 aliphatic rings. The average Bonchev–Trinajstić information content (AvgIpc) is 3.25. The zero-order valence-electron chi connectivity index (χ0n) is 16.1. The van der Waals surface area contributed by atoms with Crippen molar-refractivity contribution in [2.45, 2.75) is 20.0 Å². The van der Waals surface area contributed by atoms with E-state index in [1.54, 1.807) is 35.3 Å². The summed E-state index contributed by atoms with van der Waals surface area (Å²) >= 11 is 0. The summed E-state index contributed by atoms with van der Waals surface area (Å²) in [4.78, 5) is 30.3. The van der Waals surface area contributed by atoms with Crippen molar-refractivity contribution >= 4 is 11.8 Å². The van der Waals surface area contributed by atoms with Crippen LogP contribution in [0.4, 0.5) is 4.39 Å². The van der Waals surface area contributed by atoms with E-state index >= 15 is 0 Å². The van der Waals surface area contributed by atoms with E-state index in [0.29, 0.717) is 18.7 Å². The molecule has 3 rings (SSSR count). The third-order valence-electron chi connectivity index (χ3n) is 4.42. The quantitative estimate of drug-likeness (QED) is 0.634. The standard InChI is InChI=1S/C21H22FN5O2/c1-2-26(13-20(28)24-11-16-5-9-19(22)10-6-16)21(29)18-7-3-17(4-8-18)12-27-15-23-14-25-27/h3-10,14-15H,2,11-13H2,1H3,(H,24,28). The topological polar surface area (TPSA) is 80.1 Å². The van der Waals surface area contributed by atoms with Gasteiger partial charge in [0.25, 0.3) is 5.91 Å². The maximum Gasteiger partial charge on any atom is 0.254 e. The van der Waals surface area contributed by atoms with Gasteiger partial charge in [-0.15, -0.1) is 0 Å². The molecule has 0 radical (unpaired) electrons. The Morgan fingerprint density at radius 1 is 1.07 bits per heavy atom. The number of carbonyl (C=O) groups is 2. The van der Waals surface area contributed by atoms with Crippen molar-refractivity contribution in [3.8, 4) is 0 Å². The van der Waals surface area contributed by atoms with Crippen LogP contribution in [0, 0.1) is 5.82 Å². The van der Waals surface area contributed by atoms with Crippen LogP contribution in [-0.2, 0) is 17.9 Å². The van der Waals surface area contributed by atoms with Gasteiger partial charge in [-0.05, 0) is 42.3 Å². The van der Waals surface area contributed by atoms with E-state index in [2.05, 4.69) is 15.4 Å². The van der Waals surface area contributed by atoms with Crippen molar-refractivity contribution in [3.63, 3.8) is 0 Å². The van der Waals surface area contributed by atoms with Gasteiger partial charge in [0.2, 0.25) is 5.91 Å². The zero-order chi connectivity index (χ0) is 20.6. The van der Waals surface area contributed by atoms with Gasteiger partial charge >= 0.3 is 0 Å². The van der Waals surface area contributed by atoms with Crippen LogP contribution in [0.5, 0.6) is 0 Å². The van der Waals surface area contributed by atoms with Crippen molar-refractivity contribution in [3.05, 3.63) is 83.7 Å². The number of hydrogen-bond acceptors (Lipinski definition) is 4. The van der Waals surface area contributed by atoms with Crippen LogP contribution in [0.2, 0.25) is 0 Å². The largest absolute Gasteiger partial charge is 0.350 e. The van der Waals surface area contributed by atoms with Crippen molar-refractivity contribution in [2.24, 2.45) is 0 Å². The van der Waals surface area contributed by atoms with E-state index in [1.165, 1.54) is 23.4 Å². The molecule has 1 N–H and O–H groups in total. The number of halogens is 1. The Morgan fingerprint density at radius 2 is 1.76 bits per heavy atom. The third kappa shape index (κ3) is 5.71. The minimum atomic E-state index is -0.324. The SMILES string of the molecule is CCN(CC(=O)NCc1ccc(F)cc1)C(=O)c1ccc(Cn2cncn2)cc1. The monoisotopic (exact) mass is 395 g/mol. The van der Waals surface area contributed by atoms with Gasteiger partial charge in [-0.25, -0.2) is 14.1 Å². The molecule has 2 amide bonds. The fourth-order valence-electron chi connectivity index (χ4n) is 2.80. The van der Waals surface area contributed by atoms with Gasteiger partial charge in [-0.3, -0.25) is 9.59 Å². The lowest BCUT2D eigenvalue weighted by molar-refractivity contribution is -0.121. The molecule has 2 aromatic carbocycles. The molecule has 0 spiro atoms. The van der Waals surface area contributed by atoms with E-state index < -0.39 is 0 Å². The number of carbonyl (C=O) groups excluding carboxylic acids is 2. The normalized spacial score (nSPS) is 10.6. The highest BCUT2D eigenvalue weighted by Gasteiger charge is 2.17. The molecule has 0 atom stereocenters. The first kappa shape index (κ1) is 20.2. The van der Waals surface area contributed by atoms with Gasteiger partial charge in [-0.2, -0.15) is 5.10 Å². The zero-order valence-corrected chi connectivity index (χ0v) is 16.1. The molecular weight excluding hydrogens is 373 g/mol. The second kappa shape index (κ2) is 9.59. The molecule has 0 unspecified atom stereocenters. The van der Waals surface area contributed by atoms with Crippen LogP contribution in [0.15, 0.2) is 61.2 Å². The summed E-state index contributed by atoms with van der Waals surface area (Å²) in [7, 11) is 0. The molecule has 0 aliphatic heterocycles. The minimum Gasteiger partial charge on any atom is -0.350 e. The van der Waals surface area contributed by atoms with Gasteiger partial charge in [0.05, 0.1) is 13.1 Å². The van der Waals surface area contributed by atoms with Gasteiger partial charge in [-0.1, -0.05) is 24.3 Å². The third-order valence-corrected chi connectivity index (χ3v) is 4.42. The van der Waals surface area contributed by atoms with Crippen LogP contribution < -0.4 is 5.32 Å². The highest BCUT2D eigenvalue weighted by Crippen LogP contribution is 2.09. The Bertz CT molecular complexity index is 940. The Kier molecular flexibility index (Phi) is 6.67. The second-order valence-corrected chi connectivity index (χ2v) is 6.51. The molecule has 0 aliphatic carbocycles. The predicted octanol–water partition coefficient (Wildman–Crippen LogP) is 2.24. The maximum absolute atomic E-state index is 12.9. The first-order valence-corrected chi connectivity index (χ1v) is 9.27. The van der Waals surface area contributed by atoms with Crippen LogP contribution >= 0.6 is 0 Å². The molecule has 29 heavy (non-hydrogen) atoms. The molecule has 1 aromatic heterocycles. The summed E-state index contributed by atoms with van der Waals surface area (Å²) in [6.45, 7) is 3.03. The van der Waals surface area contributed by atoms with Crippen LogP contribution in [0.25, 0.3) is 0 Å². The summed E-state index contributed by atoms with van der Waals surface area (Å²) in [5.74, 6) is -0.806. The van der Waals surface area contributed by atoms with E-state index in [9.17, 15) is 14.0 Å². The summed E-state index contributed by atoms with van der Waals surface area (Å²) in [6, 6.07) is 13.1. The lowest BCUT2D eigenvalue weighted by atomic mass is 10.1. The summed E-state index contributed by atoms with van der Waals surface area (Å²) in [6.07, 6.45) is 3.10. The molecule has 8 heteroatoms. The lowest BCUT2D eigenvalue weighted by Crippen LogP contribution is -2.40. The summed E-state index contributed by atoms with van der Waals surface area (Å²) < 4.78 is 14.6. The summed E-state index contributed by atoms with van der Waals surface area (Å²) in [5.41, 5.74) is 2.30. The van der Waals surface area contributed by atoms with Gasteiger partial charge in [0.15, 0.2) is 0 Å². The molecule has 0 bridgehead atoms. The number of nitrogens with zero attached hydrogens (tertiary/aromatic N) is 4. The maximum atomic E-state index is 12.9. The van der Waals surface area contributed by atoms with Crippen LogP contribution in [-0.4, -0.2) is 44.6 Å². The van der Waals surface area contributed by atoms with Crippen molar-refractivity contribution in [1.29, 1.82) is 0 Å². The van der Waals surface area contributed by atoms with Crippen LogP contribution in [0.1, 0.15) is 28.4 Å². The Balaban J connectivity index is 1.54. The molecule has 0 saturated heterocycles. The molecule has 150 valence electrons. The first-order valence-electron chi connectivity index (χ1n) is 9.27. The molecule has 0 fully saturated rings. The van der Waals surface area contributed by atoms with E-state index in [1.807, 2.05) is 19.1 Å². The van der Waals surface area contributed by atoms with E-state index in [4.69, 9.17) is 0 Å². The second-order valence-electron chi connectivity index (χ2n) is 6.51. The number of hydrogen-bond donors (Lipinski definition) is 1. The number of rotatable bonds is 8. The van der Waals surface area contributed by atoms with E-state index in [0.717, 1.165) is 11.1 Å². The number of benzene rings is 2. The highest BCUT2D eigenvalue weighted by atomic mass is 19.1. The molecular formula is C21H22FN5O2. The fourth-order valence-corrected chi connectivity index (χ4v) is 2.80. The first-order chi connectivity index (χ1) is 14.0. The van der Waals surface area contributed by atoms with Crippen LogP contribution in [0.3, 0.4) is 0 Å². The smallest absolute Gasteiger partial charge is 0.254 e. The number of nitrogens with one attached hydrogen (secondary N) is 1. The number of aromatic nitrogens is 3. The van der Waals surface area contributed by atoms with Gasteiger partial charge in [0.1, 0.15) is 18.5 Å². The molecule has 3 aromatic rings. The van der Waals surface area contributed by atoms with Crippen molar-refractivity contribution < 1.29 is 14.0 Å². The van der Waals surface area contributed by atoms with Crippen molar-refractivity contribution in [2.75, 3.05) is 13.1 Å². The average molecular weight is 395 g/mol.